The van der Waals surface area contributed by atoms with Gasteiger partial charge in [-0.15, -0.1) is 18.3 Å². The maximum Gasteiger partial charge on any atom is 0.417 e. The number of non-ortho nitro benzene ring substituents is 1. The van der Waals surface area contributed by atoms with Gasteiger partial charge in [-0.25, -0.2) is 4.79 Å². The molecule has 0 aromatic heterocycles. The molecule has 68 heavy (non-hydrogen) atoms. The molecule has 1 fully saturated rings. The molecule has 14 nitrogen and oxygen atoms in total. The van der Waals surface area contributed by atoms with Gasteiger partial charge in [0, 0.05) is 54.2 Å². The van der Waals surface area contributed by atoms with Gasteiger partial charge in [0.25, 0.3) is 5.69 Å². The Morgan fingerprint density at radius 2 is 1.69 bits per heavy atom. The zero-order valence-corrected chi connectivity index (χ0v) is 39.0. The number of oxime groups is 1. The number of aliphatic hydroxyl groups excluding tert-OH is 2. The highest BCUT2D eigenvalue weighted by molar-refractivity contribution is 8.00. The maximum atomic E-state index is 13.6. The maximum absolute atomic E-state index is 13.6. The Kier molecular flexibility index (Phi) is 15.7. The molecule has 0 bridgehead atoms. The lowest BCUT2D eigenvalue weighted by Crippen LogP contribution is -2.64. The number of allylic oxidation sites excluding steroid dienone is 1. The number of nitrogens with zero attached hydrogens (tertiary/aromatic N) is 2. The number of nitro groups is 1. The van der Waals surface area contributed by atoms with Gasteiger partial charge in [-0.3, -0.25) is 15.4 Å². The van der Waals surface area contributed by atoms with E-state index in [2.05, 4.69) is 48.3 Å². The smallest absolute Gasteiger partial charge is 0.417 e. The highest BCUT2D eigenvalue weighted by Gasteiger charge is 2.64. The third-order valence-corrected chi connectivity index (χ3v) is 14.3. The van der Waals surface area contributed by atoms with Gasteiger partial charge in [0.15, 0.2) is 0 Å². The lowest BCUT2D eigenvalue weighted by atomic mass is 9.56. The lowest BCUT2D eigenvalue weighted by molar-refractivity contribution is -0.384. The normalized spacial score (nSPS) is 22.0. The number of methoxy groups -OCH3 is 2. The number of fused-ring (bicyclic) bond motifs is 3. The van der Waals surface area contributed by atoms with Crippen molar-refractivity contribution in [2.75, 3.05) is 39.4 Å². The van der Waals surface area contributed by atoms with E-state index in [1.165, 1.54) is 19.2 Å². The number of amides is 1. The predicted octanol–water partition coefficient (Wildman–Crippen LogP) is 11.0. The highest BCUT2D eigenvalue weighted by Crippen LogP contribution is 2.63. The number of hydrogen-bond acceptors (Lipinski definition) is 13. The van der Waals surface area contributed by atoms with Crippen LogP contribution in [0.4, 0.5) is 16.2 Å². The number of aliphatic hydroxyl groups is 2. The van der Waals surface area contributed by atoms with E-state index in [9.17, 15) is 25.1 Å². The van der Waals surface area contributed by atoms with Crippen LogP contribution in [0.25, 0.3) is 10.8 Å². The van der Waals surface area contributed by atoms with Crippen LogP contribution < -0.4 is 24.3 Å². The average molecular weight is 944 g/mol. The Balaban J connectivity index is 1.25. The van der Waals surface area contributed by atoms with E-state index in [1.54, 1.807) is 61.3 Å². The standard InChI is InChI=1S/C53H57N3O11S/c1-4-27-64-53-49(68-41-22-17-35-11-5-6-12-36(35)28-41)32-46(55-65-33-34-15-18-38(19-16-34)56(60)61)43-29-37(13-7-9-25-57)42(14-8-10-26-58)50(51(43)53)44-30-40(21-24-47(44)67-53)66-52(59)54-45-23-20-39(62-2)31-48(45)63-3/h4-6,11-12,15-24,28-31,37,42,49-51,57-58H,1,7-10,13-14,25-27,32-33H2,2-3H3,(H,54,59)/t37-,42+,49-,50+,51+,53+/m0/s1. The van der Waals surface area contributed by atoms with Gasteiger partial charge in [0.1, 0.15) is 29.6 Å². The summed E-state index contributed by atoms with van der Waals surface area (Å²) < 4.78 is 31.3. The molecule has 3 N–H and O–H groups in total. The molecular weight excluding hydrogens is 887 g/mol. The molecule has 5 aromatic carbocycles. The van der Waals surface area contributed by atoms with Crippen LogP contribution in [0.15, 0.2) is 137 Å². The fourth-order valence-corrected chi connectivity index (χ4v) is 11.3. The molecule has 1 heterocycles. The zero-order valence-electron chi connectivity index (χ0n) is 38.2. The highest BCUT2D eigenvalue weighted by atomic mass is 32.2. The molecule has 3 aliphatic rings. The molecule has 356 valence electrons. The minimum atomic E-state index is -1.26. The van der Waals surface area contributed by atoms with E-state index in [4.69, 9.17) is 33.7 Å². The number of carbonyl (C=O) groups excluding carboxylic acids is 1. The SMILES string of the molecule is C=CCO[C@@]12Oc3ccc(OC(=O)Nc4ccc(OC)cc4OC)cc3[C@H]3[C@H](CCCCO)[C@@H](CCCCO)C=C(C(=NOCc4ccc([N+](=O)[O-])cc4)C[C@@H]1Sc1ccc4ccccc4c1)[C@H]32. The summed E-state index contributed by atoms with van der Waals surface area (Å²) in [7, 11) is 3.06. The molecule has 0 saturated heterocycles. The largest absolute Gasteiger partial charge is 0.497 e. The van der Waals surface area contributed by atoms with Gasteiger partial charge in [-0.1, -0.05) is 60.5 Å². The van der Waals surface area contributed by atoms with E-state index in [0.29, 0.717) is 47.9 Å². The summed E-state index contributed by atoms with van der Waals surface area (Å²) in [6.07, 6.45) is 8.06. The van der Waals surface area contributed by atoms with E-state index in [0.717, 1.165) is 63.8 Å². The van der Waals surface area contributed by atoms with Crippen LogP contribution in [0.2, 0.25) is 0 Å². The average Bonchev–Trinajstić information content (AvgIpc) is 3.35. The van der Waals surface area contributed by atoms with Crippen molar-refractivity contribution in [1.29, 1.82) is 0 Å². The first kappa shape index (κ1) is 48.1. The van der Waals surface area contributed by atoms with Crippen molar-refractivity contribution < 1.29 is 48.5 Å². The van der Waals surface area contributed by atoms with Crippen molar-refractivity contribution in [3.63, 3.8) is 0 Å². The van der Waals surface area contributed by atoms with Crippen molar-refractivity contribution in [3.05, 3.63) is 149 Å². The number of nitro benzene ring substituents is 1. The van der Waals surface area contributed by atoms with Crippen LogP contribution in [-0.2, 0) is 16.2 Å². The molecule has 15 heteroatoms. The summed E-state index contributed by atoms with van der Waals surface area (Å²) in [6, 6.07) is 31.4. The van der Waals surface area contributed by atoms with Crippen LogP contribution in [-0.4, -0.2) is 72.0 Å². The van der Waals surface area contributed by atoms with Crippen molar-refractivity contribution in [2.24, 2.45) is 22.9 Å². The molecule has 0 radical (unpaired) electrons. The van der Waals surface area contributed by atoms with E-state index in [1.807, 2.05) is 24.3 Å². The molecule has 1 saturated carbocycles. The number of rotatable bonds is 21. The van der Waals surface area contributed by atoms with Gasteiger partial charge in [0.05, 0.1) is 48.3 Å². The van der Waals surface area contributed by atoms with Gasteiger partial charge in [-0.2, -0.15) is 0 Å². The molecular formula is C53H57N3O11S. The topological polar surface area (TPSA) is 180 Å². The van der Waals surface area contributed by atoms with Crippen molar-refractivity contribution >= 4 is 45.7 Å². The van der Waals surface area contributed by atoms with Crippen molar-refractivity contribution in [3.8, 4) is 23.0 Å². The number of ether oxygens (including phenoxy) is 5. The molecule has 5 aromatic rings. The Morgan fingerprint density at radius 3 is 2.43 bits per heavy atom. The van der Waals surface area contributed by atoms with Crippen LogP contribution in [0, 0.1) is 27.9 Å². The van der Waals surface area contributed by atoms with E-state index < -0.39 is 22.7 Å². The summed E-state index contributed by atoms with van der Waals surface area (Å²) in [6.45, 7) is 4.45. The summed E-state index contributed by atoms with van der Waals surface area (Å²) in [5.41, 5.74) is 3.60. The summed E-state index contributed by atoms with van der Waals surface area (Å²) in [5, 5.41) is 40.9. The molecule has 1 amide bonds. The Labute approximate surface area is 400 Å². The van der Waals surface area contributed by atoms with Crippen LogP contribution in [0.3, 0.4) is 0 Å². The van der Waals surface area contributed by atoms with Crippen LogP contribution in [0.5, 0.6) is 23.0 Å². The summed E-state index contributed by atoms with van der Waals surface area (Å²) in [4.78, 5) is 31.8. The van der Waals surface area contributed by atoms with E-state index in [-0.39, 0.29) is 55.1 Å². The second-order valence-electron chi connectivity index (χ2n) is 17.2. The molecule has 0 spiro atoms. The molecule has 1 aliphatic heterocycles. The molecule has 6 atom stereocenters. The van der Waals surface area contributed by atoms with Gasteiger partial charge >= 0.3 is 6.09 Å². The van der Waals surface area contributed by atoms with Gasteiger partial charge in [-0.05, 0) is 114 Å². The van der Waals surface area contributed by atoms with Gasteiger partial charge < -0.3 is 38.7 Å². The first-order chi connectivity index (χ1) is 33.2. The molecule has 0 unspecified atom stereocenters. The quantitative estimate of drug-likeness (QED) is 0.0275. The number of nitrogens with one attached hydrogen (secondary N) is 1. The fraction of sp³-hybridized carbons (Fsp3) is 0.358. The van der Waals surface area contributed by atoms with Crippen molar-refractivity contribution in [2.45, 2.75) is 73.4 Å². The third-order valence-electron chi connectivity index (χ3n) is 13.0. The zero-order chi connectivity index (χ0) is 47.6. The summed E-state index contributed by atoms with van der Waals surface area (Å²) in [5.74, 6) is -0.100. The Bertz CT molecular complexity index is 2660. The summed E-state index contributed by atoms with van der Waals surface area (Å²) >= 11 is 1.66. The van der Waals surface area contributed by atoms with Crippen LogP contribution >= 0.6 is 11.8 Å². The number of carbonyl (C=O) groups is 1. The number of thioether (sulfide) groups is 1. The monoisotopic (exact) mass is 943 g/mol. The number of unbranched alkanes of at least 4 members (excludes halogenated alkanes) is 2. The van der Waals surface area contributed by atoms with Gasteiger partial charge in [0.2, 0.25) is 5.79 Å². The first-order valence-corrected chi connectivity index (χ1v) is 23.9. The second-order valence-corrected chi connectivity index (χ2v) is 18.4. The lowest BCUT2D eigenvalue weighted by Gasteiger charge is -2.58. The number of benzene rings is 5. The fourth-order valence-electron chi connectivity index (χ4n) is 9.94. The molecule has 8 rings (SSSR count). The third kappa shape index (κ3) is 10.5. The minimum absolute atomic E-state index is 0.00248. The van der Waals surface area contributed by atoms with Crippen LogP contribution in [0.1, 0.15) is 62.0 Å². The first-order valence-electron chi connectivity index (χ1n) is 23.0. The molecule has 2 aliphatic carbocycles. The predicted molar refractivity (Wildman–Crippen MR) is 262 cm³/mol. The number of hydrogen-bond donors (Lipinski definition) is 3. The van der Waals surface area contributed by atoms with E-state index >= 15 is 0 Å². The number of anilines is 1. The Hall–Kier alpha value is -6.39. The second kappa shape index (κ2) is 22.1. The van der Waals surface area contributed by atoms with Crippen molar-refractivity contribution in [1.82, 2.24) is 0 Å². The minimum Gasteiger partial charge on any atom is -0.497 e. The Morgan fingerprint density at radius 1 is 0.926 bits per heavy atom.